The number of halogens is 1. The molecule has 1 rings (SSSR count). The van der Waals surface area contributed by atoms with Gasteiger partial charge in [-0.3, -0.25) is 4.79 Å². The molecular weight excluding hydrogens is 299 g/mol. The van der Waals surface area contributed by atoms with Crippen LogP contribution in [-0.2, 0) is 16.0 Å². The van der Waals surface area contributed by atoms with Gasteiger partial charge in [-0.15, -0.1) is 0 Å². The summed E-state index contributed by atoms with van der Waals surface area (Å²) < 4.78 is 17.0. The van der Waals surface area contributed by atoms with Crippen LogP contribution in [0, 0.1) is 5.82 Å². The average molecular weight is 332 g/mol. The Morgan fingerprint density at radius 1 is 1.13 bits per heavy atom. The molecule has 0 unspecified atom stereocenters. The van der Waals surface area contributed by atoms with Crippen LogP contribution in [-0.4, -0.2) is 37.0 Å². The Kier molecular flexibility index (Phi) is 26.2. The van der Waals surface area contributed by atoms with Gasteiger partial charge in [-0.2, -0.15) is 0 Å². The third-order valence-electron chi connectivity index (χ3n) is 2.50. The summed E-state index contributed by atoms with van der Waals surface area (Å²) in [6.45, 7) is 6.40. The zero-order chi connectivity index (χ0) is 18.5. The maximum absolute atomic E-state index is 12.5. The van der Waals surface area contributed by atoms with Crippen molar-refractivity contribution in [2.75, 3.05) is 20.8 Å². The molecule has 5 heteroatoms. The molecule has 1 aromatic carbocycles. The number of carbonyl (C=O) groups is 1. The van der Waals surface area contributed by atoms with Crippen LogP contribution in [0.3, 0.4) is 0 Å². The van der Waals surface area contributed by atoms with Crippen LogP contribution in [0.2, 0.25) is 0 Å². The lowest BCUT2D eigenvalue weighted by molar-refractivity contribution is -0.140. The largest absolute Gasteiger partial charge is 0.469 e. The van der Waals surface area contributed by atoms with Gasteiger partial charge in [0, 0.05) is 20.1 Å². The van der Waals surface area contributed by atoms with E-state index < -0.39 is 0 Å². The van der Waals surface area contributed by atoms with Crippen molar-refractivity contribution < 1.29 is 24.1 Å². The first-order valence-corrected chi connectivity index (χ1v) is 8.00. The molecule has 0 heterocycles. The highest BCUT2D eigenvalue weighted by Gasteiger charge is 2.00. The first kappa shape index (κ1) is 26.4. The van der Waals surface area contributed by atoms with E-state index in [1.807, 2.05) is 13.8 Å². The summed E-state index contributed by atoms with van der Waals surface area (Å²) in [4.78, 5) is 10.8. The molecule has 4 nitrogen and oxygen atoms in total. The van der Waals surface area contributed by atoms with Gasteiger partial charge < -0.3 is 14.9 Å². The van der Waals surface area contributed by atoms with Crippen molar-refractivity contribution in [3.05, 3.63) is 35.6 Å². The van der Waals surface area contributed by atoms with Crippen molar-refractivity contribution in [3.8, 4) is 0 Å². The first-order chi connectivity index (χ1) is 11.1. The molecule has 0 atom stereocenters. The maximum Gasteiger partial charge on any atom is 0.305 e. The van der Waals surface area contributed by atoms with Gasteiger partial charge in [-0.1, -0.05) is 39.3 Å². The zero-order valence-corrected chi connectivity index (χ0v) is 15.1. The summed E-state index contributed by atoms with van der Waals surface area (Å²) in [5.41, 5.74) is 1.04. The van der Waals surface area contributed by atoms with Crippen LogP contribution in [0.4, 0.5) is 4.39 Å². The normalized spacial score (nSPS) is 8.35. The van der Waals surface area contributed by atoms with E-state index in [1.54, 1.807) is 12.1 Å². The van der Waals surface area contributed by atoms with Crippen LogP contribution in [0.25, 0.3) is 0 Å². The SMILES string of the molecule is CC.CCCCO.CO.COC(=O)CCCc1ccc(F)cc1. The van der Waals surface area contributed by atoms with Gasteiger partial charge in [-0.25, -0.2) is 4.39 Å². The number of aryl methyl sites for hydroxylation is 1. The van der Waals surface area contributed by atoms with Crippen molar-refractivity contribution in [2.45, 2.75) is 52.9 Å². The van der Waals surface area contributed by atoms with Gasteiger partial charge in [0.1, 0.15) is 5.82 Å². The number of unbranched alkanes of at least 4 members (excludes halogenated alkanes) is 1. The maximum atomic E-state index is 12.5. The molecule has 1 aromatic rings. The number of methoxy groups -OCH3 is 1. The molecule has 0 bridgehead atoms. The second kappa shape index (κ2) is 22.8. The van der Waals surface area contributed by atoms with Crippen LogP contribution < -0.4 is 0 Å². The van der Waals surface area contributed by atoms with Gasteiger partial charge >= 0.3 is 5.97 Å². The van der Waals surface area contributed by atoms with Crippen molar-refractivity contribution >= 4 is 5.97 Å². The first-order valence-electron chi connectivity index (χ1n) is 8.00. The van der Waals surface area contributed by atoms with E-state index in [4.69, 9.17) is 10.2 Å². The van der Waals surface area contributed by atoms with E-state index in [-0.39, 0.29) is 11.8 Å². The van der Waals surface area contributed by atoms with Crippen molar-refractivity contribution in [2.24, 2.45) is 0 Å². The fourth-order valence-corrected chi connectivity index (χ4v) is 1.35. The second-order valence-corrected chi connectivity index (χ2v) is 4.13. The van der Waals surface area contributed by atoms with Gasteiger partial charge in [0.25, 0.3) is 0 Å². The molecule has 0 radical (unpaired) electrons. The van der Waals surface area contributed by atoms with Crippen LogP contribution in [0.5, 0.6) is 0 Å². The molecule has 0 aliphatic carbocycles. The Balaban J connectivity index is -0.000000375. The lowest BCUT2D eigenvalue weighted by atomic mass is 10.1. The molecule has 23 heavy (non-hydrogen) atoms. The van der Waals surface area contributed by atoms with Crippen molar-refractivity contribution in [3.63, 3.8) is 0 Å². The highest BCUT2D eigenvalue weighted by Crippen LogP contribution is 2.07. The molecule has 2 N–H and O–H groups in total. The molecule has 0 saturated heterocycles. The Bertz CT molecular complexity index is 337. The van der Waals surface area contributed by atoms with Gasteiger partial charge in [0.05, 0.1) is 7.11 Å². The number of hydrogen-bond acceptors (Lipinski definition) is 4. The molecule has 0 spiro atoms. The van der Waals surface area contributed by atoms with E-state index in [9.17, 15) is 9.18 Å². The molecule has 0 aliphatic rings. The smallest absolute Gasteiger partial charge is 0.305 e. The standard InChI is InChI=1S/C11H13FO2.C4H10O.C2H6.CH4O/c1-14-11(13)4-2-3-9-5-7-10(12)8-6-9;1-2-3-4-5;2*1-2/h5-8H,2-4H2,1H3;5H,2-4H2,1H3;1-2H3;2H,1H3. The van der Waals surface area contributed by atoms with E-state index in [2.05, 4.69) is 11.7 Å². The third-order valence-corrected chi connectivity index (χ3v) is 2.50. The Labute approximate surface area is 140 Å². The Hall–Kier alpha value is -1.46. The number of benzene rings is 1. The Morgan fingerprint density at radius 2 is 1.65 bits per heavy atom. The number of rotatable bonds is 6. The average Bonchev–Trinajstić information content (AvgIpc) is 2.61. The summed E-state index contributed by atoms with van der Waals surface area (Å²) >= 11 is 0. The van der Waals surface area contributed by atoms with Crippen LogP contribution in [0.1, 0.15) is 52.0 Å². The molecule has 0 amide bonds. The summed E-state index contributed by atoms with van der Waals surface area (Å²) in [6, 6.07) is 6.31. The van der Waals surface area contributed by atoms with Crippen LogP contribution in [0.15, 0.2) is 24.3 Å². The lowest BCUT2D eigenvalue weighted by Gasteiger charge is -2.00. The number of aliphatic hydroxyl groups excluding tert-OH is 2. The predicted molar refractivity (Wildman–Crippen MR) is 92.8 cm³/mol. The third kappa shape index (κ3) is 20.5. The summed E-state index contributed by atoms with van der Waals surface area (Å²) in [6.07, 6.45) is 3.96. The number of carbonyl (C=O) groups excluding carboxylic acids is 1. The van der Waals surface area contributed by atoms with Crippen molar-refractivity contribution in [1.29, 1.82) is 0 Å². The molecule has 0 fully saturated rings. The molecular formula is C18H33FO4. The predicted octanol–water partition coefficient (Wildman–Crippen LogP) is 3.73. The molecule has 0 saturated carbocycles. The van der Waals surface area contributed by atoms with E-state index in [1.165, 1.54) is 19.2 Å². The fourth-order valence-electron chi connectivity index (χ4n) is 1.35. The fraction of sp³-hybridized carbons (Fsp3) is 0.611. The highest BCUT2D eigenvalue weighted by molar-refractivity contribution is 5.69. The number of aliphatic hydroxyl groups is 2. The van der Waals surface area contributed by atoms with Crippen molar-refractivity contribution in [1.82, 2.24) is 0 Å². The van der Waals surface area contributed by atoms with E-state index in [0.29, 0.717) is 13.0 Å². The second-order valence-electron chi connectivity index (χ2n) is 4.13. The topological polar surface area (TPSA) is 66.8 Å². The number of esters is 1. The van der Waals surface area contributed by atoms with Crippen LogP contribution >= 0.6 is 0 Å². The summed E-state index contributed by atoms with van der Waals surface area (Å²) in [5, 5.41) is 15.1. The summed E-state index contributed by atoms with van der Waals surface area (Å²) in [7, 11) is 2.38. The number of ether oxygens (including phenoxy) is 1. The van der Waals surface area contributed by atoms with Gasteiger partial charge in [-0.05, 0) is 37.0 Å². The highest BCUT2D eigenvalue weighted by atomic mass is 19.1. The molecule has 0 aliphatic heterocycles. The monoisotopic (exact) mass is 332 g/mol. The Morgan fingerprint density at radius 3 is 2.00 bits per heavy atom. The lowest BCUT2D eigenvalue weighted by Crippen LogP contribution is -2.00. The quantitative estimate of drug-likeness (QED) is 0.779. The van der Waals surface area contributed by atoms with E-state index >= 15 is 0 Å². The minimum absolute atomic E-state index is 0.202. The molecule has 136 valence electrons. The minimum atomic E-state index is -0.235. The zero-order valence-electron chi connectivity index (χ0n) is 15.1. The van der Waals surface area contributed by atoms with Gasteiger partial charge in [0.15, 0.2) is 0 Å². The number of hydrogen-bond donors (Lipinski definition) is 2. The summed E-state index contributed by atoms with van der Waals surface area (Å²) in [5.74, 6) is -0.436. The minimum Gasteiger partial charge on any atom is -0.469 e. The molecule has 0 aromatic heterocycles. The van der Waals surface area contributed by atoms with E-state index in [0.717, 1.165) is 38.4 Å². The van der Waals surface area contributed by atoms with Gasteiger partial charge in [0.2, 0.25) is 0 Å².